The minimum atomic E-state index is -1.17. The Morgan fingerprint density at radius 2 is 2.05 bits per heavy atom. The summed E-state index contributed by atoms with van der Waals surface area (Å²) in [6.45, 7) is 1.70. The molecule has 0 saturated carbocycles. The topological polar surface area (TPSA) is 110 Å². The molecule has 1 heterocycles. The fourth-order valence-corrected chi connectivity index (χ4v) is 2.44. The molecule has 0 radical (unpaired) electrons. The molecule has 108 valence electrons. The smallest absolute Gasteiger partial charge is 0.348 e. The molecule has 2 rings (SSSR count). The second-order valence-electron chi connectivity index (χ2n) is 4.20. The number of carboxylic acids is 1. The summed E-state index contributed by atoms with van der Waals surface area (Å²) >= 11 is 0.960. The fraction of sp³-hybridized carbons (Fsp3) is 0.0769. The van der Waals surface area contributed by atoms with Crippen LogP contribution in [0.15, 0.2) is 29.6 Å². The number of aromatic carboxylic acids is 1. The van der Waals surface area contributed by atoms with Gasteiger partial charge in [-0.05, 0) is 30.0 Å². The number of hydrogen-bond donors (Lipinski definition) is 2. The number of hydrogen-bond acceptors (Lipinski definition) is 5. The average Bonchev–Trinajstić information content (AvgIpc) is 2.86. The van der Waals surface area contributed by atoms with Gasteiger partial charge in [0, 0.05) is 6.07 Å². The van der Waals surface area contributed by atoms with E-state index in [4.69, 9.17) is 5.11 Å². The number of nitrogens with zero attached hydrogens (tertiary/aromatic N) is 1. The predicted octanol–water partition coefficient (Wildman–Crippen LogP) is 2.92. The van der Waals surface area contributed by atoms with E-state index in [1.165, 1.54) is 29.6 Å². The highest BCUT2D eigenvalue weighted by Gasteiger charge is 2.22. The zero-order valence-corrected chi connectivity index (χ0v) is 11.6. The summed E-state index contributed by atoms with van der Waals surface area (Å²) in [7, 11) is 0. The number of nitro benzene ring substituents is 1. The summed E-state index contributed by atoms with van der Waals surface area (Å²) in [4.78, 5) is 33.4. The molecule has 2 N–H and O–H groups in total. The van der Waals surface area contributed by atoms with Gasteiger partial charge in [0.05, 0.1) is 10.6 Å². The third kappa shape index (κ3) is 3.06. The molecule has 0 bridgehead atoms. The highest BCUT2D eigenvalue weighted by molar-refractivity contribution is 7.12. The molecule has 0 aliphatic heterocycles. The van der Waals surface area contributed by atoms with Gasteiger partial charge in [-0.25, -0.2) is 4.79 Å². The number of thiophene rings is 1. The van der Waals surface area contributed by atoms with Crippen molar-refractivity contribution in [3.8, 4) is 0 Å². The third-order valence-corrected chi connectivity index (χ3v) is 3.60. The molecule has 7 nitrogen and oxygen atoms in total. The lowest BCUT2D eigenvalue weighted by atomic mass is 10.1. The van der Waals surface area contributed by atoms with Crippen LogP contribution in [-0.2, 0) is 0 Å². The van der Waals surface area contributed by atoms with Crippen LogP contribution in [0.2, 0.25) is 0 Å². The monoisotopic (exact) mass is 306 g/mol. The molecule has 0 atom stereocenters. The van der Waals surface area contributed by atoms with Crippen LogP contribution >= 0.6 is 11.3 Å². The van der Waals surface area contributed by atoms with Crippen molar-refractivity contribution >= 4 is 34.6 Å². The Morgan fingerprint density at radius 3 is 2.67 bits per heavy atom. The molecule has 1 aromatic carbocycles. The molecule has 0 aliphatic carbocycles. The Labute approximate surface area is 123 Å². The van der Waals surface area contributed by atoms with Gasteiger partial charge in [0.1, 0.15) is 10.4 Å². The van der Waals surface area contributed by atoms with E-state index in [1.54, 1.807) is 6.92 Å². The van der Waals surface area contributed by atoms with Crippen LogP contribution in [-0.4, -0.2) is 21.9 Å². The first-order valence-corrected chi connectivity index (χ1v) is 6.65. The summed E-state index contributed by atoms with van der Waals surface area (Å²) in [5, 5.41) is 23.8. The molecule has 21 heavy (non-hydrogen) atoms. The number of carboxylic acid groups (broad SMARTS) is 1. The van der Waals surface area contributed by atoms with E-state index >= 15 is 0 Å². The molecule has 2 aromatic rings. The summed E-state index contributed by atoms with van der Waals surface area (Å²) < 4.78 is 0. The molecule has 0 fully saturated rings. The molecule has 0 saturated heterocycles. The number of nitro groups is 1. The Kier molecular flexibility index (Phi) is 3.99. The van der Waals surface area contributed by atoms with Gasteiger partial charge in [0.15, 0.2) is 0 Å². The first-order chi connectivity index (χ1) is 9.90. The number of anilines is 1. The van der Waals surface area contributed by atoms with Gasteiger partial charge in [0.2, 0.25) is 0 Å². The SMILES string of the molecule is Cc1ccc([N+](=O)[O-])c(C(=O)Nc2ccsc2C(=O)O)c1. The van der Waals surface area contributed by atoms with E-state index in [1.807, 2.05) is 0 Å². The van der Waals surface area contributed by atoms with Gasteiger partial charge < -0.3 is 10.4 Å². The van der Waals surface area contributed by atoms with E-state index in [2.05, 4.69) is 5.32 Å². The van der Waals surface area contributed by atoms with Crippen molar-refractivity contribution in [3.63, 3.8) is 0 Å². The normalized spacial score (nSPS) is 10.1. The molecule has 0 unspecified atom stereocenters. The zero-order chi connectivity index (χ0) is 15.6. The lowest BCUT2D eigenvalue weighted by Crippen LogP contribution is -2.15. The molecule has 1 aromatic heterocycles. The Balaban J connectivity index is 2.37. The molecular formula is C13H10N2O5S. The lowest BCUT2D eigenvalue weighted by Gasteiger charge is -2.06. The third-order valence-electron chi connectivity index (χ3n) is 2.70. The number of nitrogens with one attached hydrogen (secondary N) is 1. The van der Waals surface area contributed by atoms with E-state index in [9.17, 15) is 19.7 Å². The van der Waals surface area contributed by atoms with Crippen LogP contribution in [0.25, 0.3) is 0 Å². The highest BCUT2D eigenvalue weighted by atomic mass is 32.1. The summed E-state index contributed by atoms with van der Waals surface area (Å²) in [5.74, 6) is -1.88. The van der Waals surface area contributed by atoms with Gasteiger partial charge in [-0.2, -0.15) is 0 Å². The van der Waals surface area contributed by atoms with Crippen LogP contribution in [0.1, 0.15) is 25.6 Å². The van der Waals surface area contributed by atoms with Crippen molar-refractivity contribution in [1.29, 1.82) is 0 Å². The van der Waals surface area contributed by atoms with Crippen molar-refractivity contribution in [2.45, 2.75) is 6.92 Å². The number of carbonyl (C=O) groups excluding carboxylic acids is 1. The predicted molar refractivity (Wildman–Crippen MR) is 77.1 cm³/mol. The Hall–Kier alpha value is -2.74. The van der Waals surface area contributed by atoms with Crippen molar-refractivity contribution < 1.29 is 19.6 Å². The maximum Gasteiger partial charge on any atom is 0.348 e. The maximum atomic E-state index is 12.2. The van der Waals surface area contributed by atoms with E-state index < -0.39 is 16.8 Å². The quantitative estimate of drug-likeness (QED) is 0.666. The van der Waals surface area contributed by atoms with Crippen LogP contribution in [0.4, 0.5) is 11.4 Å². The maximum absolute atomic E-state index is 12.2. The first-order valence-electron chi connectivity index (χ1n) is 5.77. The van der Waals surface area contributed by atoms with Crippen LogP contribution in [0.5, 0.6) is 0 Å². The number of rotatable bonds is 4. The zero-order valence-electron chi connectivity index (χ0n) is 10.8. The Morgan fingerprint density at radius 1 is 1.33 bits per heavy atom. The van der Waals surface area contributed by atoms with E-state index in [0.717, 1.165) is 11.3 Å². The van der Waals surface area contributed by atoms with Gasteiger partial charge in [-0.15, -0.1) is 11.3 Å². The van der Waals surface area contributed by atoms with Crippen LogP contribution in [0.3, 0.4) is 0 Å². The minimum Gasteiger partial charge on any atom is -0.477 e. The number of carbonyl (C=O) groups is 2. The molecule has 0 spiro atoms. The summed E-state index contributed by atoms with van der Waals surface area (Å²) in [6, 6.07) is 5.60. The van der Waals surface area contributed by atoms with Gasteiger partial charge in [-0.1, -0.05) is 6.07 Å². The van der Waals surface area contributed by atoms with Gasteiger partial charge >= 0.3 is 5.97 Å². The van der Waals surface area contributed by atoms with E-state index in [0.29, 0.717) is 5.56 Å². The summed E-state index contributed by atoms with van der Waals surface area (Å²) in [5.41, 5.74) is 0.371. The van der Waals surface area contributed by atoms with Crippen LogP contribution in [0, 0.1) is 17.0 Å². The lowest BCUT2D eigenvalue weighted by molar-refractivity contribution is -0.385. The summed E-state index contributed by atoms with van der Waals surface area (Å²) in [6.07, 6.45) is 0. The molecule has 1 amide bonds. The van der Waals surface area contributed by atoms with Crippen molar-refractivity contribution in [2.24, 2.45) is 0 Å². The van der Waals surface area contributed by atoms with Gasteiger partial charge in [0.25, 0.3) is 11.6 Å². The van der Waals surface area contributed by atoms with E-state index in [-0.39, 0.29) is 21.8 Å². The standard InChI is InChI=1S/C13H10N2O5S/c1-7-2-3-10(15(19)20)8(6-7)12(16)14-9-4-5-21-11(9)13(17)18/h2-6H,1H3,(H,14,16)(H,17,18). The van der Waals surface area contributed by atoms with Crippen molar-refractivity contribution in [2.75, 3.05) is 5.32 Å². The first kappa shape index (κ1) is 14.7. The van der Waals surface area contributed by atoms with Crippen molar-refractivity contribution in [1.82, 2.24) is 0 Å². The minimum absolute atomic E-state index is 0.0290. The molecular weight excluding hydrogens is 296 g/mol. The van der Waals surface area contributed by atoms with Gasteiger partial charge in [-0.3, -0.25) is 14.9 Å². The highest BCUT2D eigenvalue weighted by Crippen LogP contribution is 2.25. The van der Waals surface area contributed by atoms with Crippen LogP contribution < -0.4 is 5.32 Å². The fourth-order valence-electron chi connectivity index (χ4n) is 1.75. The second kappa shape index (κ2) is 5.71. The average molecular weight is 306 g/mol. The number of benzene rings is 1. The van der Waals surface area contributed by atoms with Crippen molar-refractivity contribution in [3.05, 3.63) is 55.8 Å². The molecule has 0 aliphatic rings. The number of amides is 1. The molecule has 8 heteroatoms. The largest absolute Gasteiger partial charge is 0.477 e. The second-order valence-corrected chi connectivity index (χ2v) is 5.12. The Bertz CT molecular complexity index is 738. The number of aryl methyl sites for hydroxylation is 1.